The van der Waals surface area contributed by atoms with Crippen LogP contribution in [-0.4, -0.2) is 66.3 Å². The third-order valence-corrected chi connectivity index (χ3v) is 4.40. The van der Waals surface area contributed by atoms with Crippen molar-refractivity contribution in [1.82, 2.24) is 15.1 Å². The molecule has 0 spiro atoms. The molecule has 0 bridgehead atoms. The monoisotopic (exact) mass is 304 g/mol. The molecule has 19 heavy (non-hydrogen) atoms. The highest BCUT2D eigenvalue weighted by Crippen LogP contribution is 2.23. The molecule has 2 heterocycles. The number of nitrogens with two attached hydrogens (primary N) is 1. The lowest BCUT2D eigenvalue weighted by Gasteiger charge is -2.27. The zero-order chi connectivity index (χ0) is 13.7. The first kappa shape index (κ1) is 14.5. The summed E-state index contributed by atoms with van der Waals surface area (Å²) < 4.78 is 11.5. The van der Waals surface area contributed by atoms with Crippen molar-refractivity contribution in [2.45, 2.75) is 10.4 Å². The zero-order valence-corrected chi connectivity index (χ0v) is 12.2. The molecule has 0 aliphatic carbocycles. The number of carbonyl (C=O) groups is 1. The average molecular weight is 304 g/mol. The minimum atomic E-state index is -0.0372. The van der Waals surface area contributed by atoms with Gasteiger partial charge in [0, 0.05) is 13.6 Å². The summed E-state index contributed by atoms with van der Waals surface area (Å²) in [6.45, 7) is 2.29. The number of nitrogen functional groups attached to an aromatic ring is 1. The van der Waals surface area contributed by atoms with Gasteiger partial charge in [-0.05, 0) is 0 Å². The van der Waals surface area contributed by atoms with E-state index in [2.05, 4.69) is 10.2 Å². The van der Waals surface area contributed by atoms with Gasteiger partial charge in [-0.2, -0.15) is 0 Å². The van der Waals surface area contributed by atoms with Crippen molar-refractivity contribution < 1.29 is 14.3 Å². The highest BCUT2D eigenvalue weighted by atomic mass is 32.2. The van der Waals surface area contributed by atoms with E-state index >= 15 is 0 Å². The molecule has 0 saturated carbocycles. The number of hydrogen-bond acceptors (Lipinski definition) is 8. The second-order valence-electron chi connectivity index (χ2n) is 4.04. The van der Waals surface area contributed by atoms with Gasteiger partial charge < -0.3 is 20.1 Å². The standard InChI is InChI=1S/C10H16N4O3S2/c1-14(4-7-5-16-2-3-17-7)8(15)6-18-10-13-12-9(11)19-10/h7H,2-6H2,1H3,(H2,11,12). The lowest BCUT2D eigenvalue weighted by atomic mass is 10.3. The molecule has 1 saturated heterocycles. The predicted molar refractivity (Wildman–Crippen MR) is 73.2 cm³/mol. The van der Waals surface area contributed by atoms with Gasteiger partial charge in [-0.15, -0.1) is 10.2 Å². The second kappa shape index (κ2) is 7.04. The smallest absolute Gasteiger partial charge is 0.232 e. The maximum Gasteiger partial charge on any atom is 0.232 e. The SMILES string of the molecule is CN(CC1COCCO1)C(=O)CSc1nnc(N)s1. The van der Waals surface area contributed by atoms with Gasteiger partial charge in [0.1, 0.15) is 0 Å². The molecule has 0 radical (unpaired) electrons. The van der Waals surface area contributed by atoms with E-state index in [0.717, 1.165) is 0 Å². The zero-order valence-electron chi connectivity index (χ0n) is 10.6. The third-order valence-electron chi connectivity index (χ3n) is 2.53. The van der Waals surface area contributed by atoms with Crippen molar-refractivity contribution in [3.05, 3.63) is 0 Å². The number of likely N-dealkylation sites (N-methyl/N-ethyl adjacent to an activating group) is 1. The largest absolute Gasteiger partial charge is 0.376 e. The maximum atomic E-state index is 11.9. The van der Waals surface area contributed by atoms with Crippen LogP contribution in [0.25, 0.3) is 0 Å². The van der Waals surface area contributed by atoms with Crippen molar-refractivity contribution >= 4 is 34.1 Å². The van der Waals surface area contributed by atoms with Crippen molar-refractivity contribution in [3.63, 3.8) is 0 Å². The molecule has 106 valence electrons. The fourth-order valence-electron chi connectivity index (χ4n) is 1.56. The van der Waals surface area contributed by atoms with Crippen LogP contribution in [0.5, 0.6) is 0 Å². The van der Waals surface area contributed by atoms with E-state index in [4.69, 9.17) is 15.2 Å². The quantitative estimate of drug-likeness (QED) is 0.771. The summed E-state index contributed by atoms with van der Waals surface area (Å²) in [6, 6.07) is 0. The summed E-state index contributed by atoms with van der Waals surface area (Å²) in [5, 5.41) is 7.96. The van der Waals surface area contributed by atoms with Gasteiger partial charge >= 0.3 is 0 Å². The summed E-state index contributed by atoms with van der Waals surface area (Å²) >= 11 is 2.62. The Hall–Kier alpha value is -0.900. The number of hydrogen-bond donors (Lipinski definition) is 1. The van der Waals surface area contributed by atoms with Crippen molar-refractivity contribution in [2.24, 2.45) is 0 Å². The number of carbonyl (C=O) groups excluding carboxylic acids is 1. The number of rotatable bonds is 5. The van der Waals surface area contributed by atoms with Crippen LogP contribution in [0, 0.1) is 0 Å². The topological polar surface area (TPSA) is 90.6 Å². The van der Waals surface area contributed by atoms with Crippen molar-refractivity contribution in [3.8, 4) is 0 Å². The van der Waals surface area contributed by atoms with Crippen LogP contribution in [-0.2, 0) is 14.3 Å². The summed E-state index contributed by atoms with van der Waals surface area (Å²) in [6.07, 6.45) is -0.0372. The van der Waals surface area contributed by atoms with Crippen LogP contribution < -0.4 is 5.73 Å². The Balaban J connectivity index is 1.72. The lowest BCUT2D eigenvalue weighted by molar-refractivity contribution is -0.133. The summed E-state index contributed by atoms with van der Waals surface area (Å²) in [5.41, 5.74) is 5.47. The minimum absolute atomic E-state index is 0.0212. The highest BCUT2D eigenvalue weighted by Gasteiger charge is 2.19. The minimum Gasteiger partial charge on any atom is -0.376 e. The first-order valence-corrected chi connectivity index (χ1v) is 7.60. The number of ether oxygens (including phenoxy) is 2. The molecule has 9 heteroatoms. The maximum absolute atomic E-state index is 11.9. The fourth-order valence-corrected chi connectivity index (χ4v) is 3.14. The van der Waals surface area contributed by atoms with E-state index in [1.54, 1.807) is 11.9 Å². The molecule has 1 aliphatic rings. The Morgan fingerprint density at radius 3 is 3.05 bits per heavy atom. The average Bonchev–Trinajstić information content (AvgIpc) is 2.83. The Labute approximate surface area is 119 Å². The molecule has 2 rings (SSSR count). The van der Waals surface area contributed by atoms with E-state index in [9.17, 15) is 4.79 Å². The normalized spacial score (nSPS) is 19.3. The van der Waals surface area contributed by atoms with Crippen LogP contribution >= 0.6 is 23.1 Å². The van der Waals surface area contributed by atoms with Crippen LogP contribution in [0.4, 0.5) is 5.13 Å². The molecule has 1 aromatic heterocycles. The number of nitrogens with zero attached hydrogens (tertiary/aromatic N) is 3. The molecule has 1 fully saturated rings. The second-order valence-corrected chi connectivity index (χ2v) is 6.27. The molecule has 1 atom stereocenters. The number of anilines is 1. The van der Waals surface area contributed by atoms with Gasteiger partial charge in [0.15, 0.2) is 4.34 Å². The van der Waals surface area contributed by atoms with Gasteiger partial charge in [-0.1, -0.05) is 23.1 Å². The Bertz CT molecular complexity index is 423. The molecular formula is C10H16N4O3S2. The fraction of sp³-hybridized carbons (Fsp3) is 0.700. The van der Waals surface area contributed by atoms with E-state index in [-0.39, 0.29) is 12.0 Å². The highest BCUT2D eigenvalue weighted by molar-refractivity contribution is 8.01. The summed E-state index contributed by atoms with van der Waals surface area (Å²) in [5.74, 6) is 0.339. The van der Waals surface area contributed by atoms with E-state index < -0.39 is 0 Å². The molecule has 0 aromatic carbocycles. The van der Waals surface area contributed by atoms with Crippen LogP contribution in [0.2, 0.25) is 0 Å². The van der Waals surface area contributed by atoms with E-state index in [0.29, 0.717) is 41.6 Å². The van der Waals surface area contributed by atoms with Gasteiger partial charge in [0.05, 0.1) is 31.7 Å². The predicted octanol–water partition coefficient (Wildman–Crippen LogP) is 0.0862. The van der Waals surface area contributed by atoms with E-state index in [1.165, 1.54) is 23.1 Å². The first-order valence-electron chi connectivity index (χ1n) is 5.80. The van der Waals surface area contributed by atoms with Gasteiger partial charge in [-0.25, -0.2) is 0 Å². The molecule has 1 aromatic rings. The number of aromatic nitrogens is 2. The Morgan fingerprint density at radius 1 is 1.58 bits per heavy atom. The first-order chi connectivity index (χ1) is 9.15. The van der Waals surface area contributed by atoms with Gasteiger partial charge in [-0.3, -0.25) is 4.79 Å². The summed E-state index contributed by atoms with van der Waals surface area (Å²) in [4.78, 5) is 13.6. The lowest BCUT2D eigenvalue weighted by Crippen LogP contribution is -2.41. The van der Waals surface area contributed by atoms with Crippen molar-refractivity contribution in [1.29, 1.82) is 0 Å². The van der Waals surface area contributed by atoms with Gasteiger partial charge in [0.2, 0.25) is 11.0 Å². The molecule has 2 N–H and O–H groups in total. The number of thioether (sulfide) groups is 1. The third kappa shape index (κ3) is 4.60. The van der Waals surface area contributed by atoms with Crippen LogP contribution in [0.15, 0.2) is 4.34 Å². The number of amides is 1. The van der Waals surface area contributed by atoms with Crippen LogP contribution in [0.1, 0.15) is 0 Å². The van der Waals surface area contributed by atoms with Crippen LogP contribution in [0.3, 0.4) is 0 Å². The molecule has 1 unspecified atom stereocenters. The van der Waals surface area contributed by atoms with E-state index in [1.807, 2.05) is 0 Å². The summed E-state index contributed by atoms with van der Waals surface area (Å²) in [7, 11) is 1.76. The van der Waals surface area contributed by atoms with Gasteiger partial charge in [0.25, 0.3) is 0 Å². The van der Waals surface area contributed by atoms with Crippen molar-refractivity contribution in [2.75, 3.05) is 44.9 Å². The molecule has 1 amide bonds. The molecule has 7 nitrogen and oxygen atoms in total. The molecular weight excluding hydrogens is 288 g/mol. The molecule has 1 aliphatic heterocycles. The Morgan fingerprint density at radius 2 is 2.42 bits per heavy atom. The Kier molecular flexibility index (Phi) is 5.37.